The highest BCUT2D eigenvalue weighted by atomic mass is 19.2. The standard InChI is InChI=1S/C23H24BF2N3/c1-5-27(6-2)23-15-13-20-16-22-17(3)21(14-12-19-10-8-7-9-11-19)18(4)28(22)24(25,26)29(20)23/h7-11,13,15-16H,5-6H2,1-4H3. The Kier molecular flexibility index (Phi) is 4.70. The van der Waals surface area contributed by atoms with Crippen molar-refractivity contribution in [1.29, 1.82) is 0 Å². The van der Waals surface area contributed by atoms with Gasteiger partial charge in [-0.1, -0.05) is 30.0 Å². The van der Waals surface area contributed by atoms with Gasteiger partial charge in [-0.25, -0.2) is 0 Å². The molecule has 0 bridgehead atoms. The number of anilines is 1. The smallest absolute Gasteiger partial charge is 0.389 e. The second-order valence-corrected chi connectivity index (χ2v) is 7.35. The van der Waals surface area contributed by atoms with Gasteiger partial charge >= 0.3 is 6.97 Å². The average Bonchev–Trinajstić information content (AvgIpc) is 3.23. The fraction of sp³-hybridized carbons (Fsp3) is 0.261. The summed E-state index contributed by atoms with van der Waals surface area (Å²) in [7, 11) is 0. The summed E-state index contributed by atoms with van der Waals surface area (Å²) in [4.78, 5) is 1.96. The highest BCUT2D eigenvalue weighted by Gasteiger charge is 2.54. The van der Waals surface area contributed by atoms with Crippen molar-refractivity contribution in [3.05, 3.63) is 70.6 Å². The van der Waals surface area contributed by atoms with Crippen molar-refractivity contribution >= 4 is 24.6 Å². The Morgan fingerprint density at radius 2 is 1.69 bits per heavy atom. The van der Waals surface area contributed by atoms with E-state index in [9.17, 15) is 0 Å². The second kappa shape index (κ2) is 7.07. The third-order valence-electron chi connectivity index (χ3n) is 5.77. The minimum atomic E-state index is -4.01. The van der Waals surface area contributed by atoms with E-state index in [1.807, 2.05) is 62.1 Å². The summed E-state index contributed by atoms with van der Waals surface area (Å²) in [5.74, 6) is 6.80. The molecule has 0 atom stereocenters. The monoisotopic (exact) mass is 391 g/mol. The maximum atomic E-state index is 15.8. The maximum absolute atomic E-state index is 15.8. The first-order valence-electron chi connectivity index (χ1n) is 10.0. The van der Waals surface area contributed by atoms with Gasteiger partial charge < -0.3 is 22.5 Å². The number of halogens is 2. The van der Waals surface area contributed by atoms with Crippen LogP contribution in [0.15, 0.2) is 59.3 Å². The van der Waals surface area contributed by atoms with Crippen LogP contribution in [0.1, 0.15) is 39.0 Å². The molecule has 0 saturated carbocycles. The fourth-order valence-corrected chi connectivity index (χ4v) is 4.27. The summed E-state index contributed by atoms with van der Waals surface area (Å²) in [6, 6.07) is 13.2. The quantitative estimate of drug-likeness (QED) is 0.542. The molecule has 4 rings (SSSR count). The fourth-order valence-electron chi connectivity index (χ4n) is 4.27. The van der Waals surface area contributed by atoms with Gasteiger partial charge in [-0.3, -0.25) is 0 Å². The van der Waals surface area contributed by atoms with Crippen molar-refractivity contribution in [2.45, 2.75) is 27.7 Å². The molecule has 2 aliphatic heterocycles. The molecule has 0 spiro atoms. The van der Waals surface area contributed by atoms with Gasteiger partial charge in [-0.15, -0.1) is 0 Å². The lowest BCUT2D eigenvalue weighted by atomic mass is 9.90. The molecule has 2 aliphatic rings. The summed E-state index contributed by atoms with van der Waals surface area (Å²) in [6.45, 7) is 4.92. The zero-order valence-corrected chi connectivity index (χ0v) is 17.2. The Labute approximate surface area is 170 Å². The normalized spacial score (nSPS) is 16.8. The van der Waals surface area contributed by atoms with Crippen molar-refractivity contribution in [3.8, 4) is 11.8 Å². The lowest BCUT2D eigenvalue weighted by molar-refractivity contribution is -0.362. The summed E-state index contributed by atoms with van der Waals surface area (Å²) in [5, 5.41) is 0. The van der Waals surface area contributed by atoms with Crippen molar-refractivity contribution in [2.24, 2.45) is 0 Å². The zero-order chi connectivity index (χ0) is 20.8. The number of nitrogens with zero attached hydrogens (tertiary/aromatic N) is 3. The van der Waals surface area contributed by atoms with Crippen LogP contribution in [-0.2, 0) is 0 Å². The Morgan fingerprint density at radius 1 is 1.00 bits per heavy atom. The second-order valence-electron chi connectivity index (χ2n) is 7.35. The van der Waals surface area contributed by atoms with Crippen molar-refractivity contribution in [3.63, 3.8) is 0 Å². The van der Waals surface area contributed by atoms with Crippen LogP contribution >= 0.6 is 0 Å². The van der Waals surface area contributed by atoms with Crippen molar-refractivity contribution in [2.75, 3.05) is 18.0 Å². The first kappa shape index (κ1) is 19.3. The summed E-state index contributed by atoms with van der Waals surface area (Å²) in [6.07, 6.45) is 1.85. The van der Waals surface area contributed by atoms with Gasteiger partial charge in [0.1, 0.15) is 5.71 Å². The molecule has 1 aromatic carbocycles. The number of allylic oxidation sites excluding steroid dienone is 2. The van der Waals surface area contributed by atoms with Gasteiger partial charge in [0.15, 0.2) is 5.70 Å². The van der Waals surface area contributed by atoms with E-state index in [1.54, 1.807) is 19.1 Å². The molecule has 3 nitrogen and oxygen atoms in total. The number of benzene rings is 1. The molecule has 1 aromatic heterocycles. The molecule has 29 heavy (non-hydrogen) atoms. The van der Waals surface area contributed by atoms with Crippen LogP contribution < -0.4 is 4.90 Å². The van der Waals surface area contributed by atoms with Gasteiger partial charge in [-0.05, 0) is 45.0 Å². The Hall–Kier alpha value is -3.07. The van der Waals surface area contributed by atoms with Crippen LogP contribution in [0.2, 0.25) is 0 Å². The van der Waals surface area contributed by atoms with Gasteiger partial charge in [0.05, 0.1) is 11.4 Å². The molecular formula is C23H24BF2N3. The van der Waals surface area contributed by atoms with Crippen LogP contribution in [0.3, 0.4) is 0 Å². The van der Waals surface area contributed by atoms with Gasteiger partial charge in [-0.2, -0.15) is 0 Å². The van der Waals surface area contributed by atoms with Crippen LogP contribution in [0.4, 0.5) is 14.4 Å². The number of hydrogen-bond acceptors (Lipinski definition) is 1. The Balaban J connectivity index is 1.85. The van der Waals surface area contributed by atoms with Crippen LogP contribution in [0.5, 0.6) is 0 Å². The number of fused-ring (bicyclic) bond motifs is 2. The largest absolute Gasteiger partial charge is 0.738 e. The number of aromatic nitrogens is 1. The van der Waals surface area contributed by atoms with E-state index in [-0.39, 0.29) is 0 Å². The average molecular weight is 391 g/mol. The third kappa shape index (κ3) is 2.93. The summed E-state index contributed by atoms with van der Waals surface area (Å²) >= 11 is 0. The van der Waals surface area contributed by atoms with E-state index >= 15 is 8.63 Å². The highest BCUT2D eigenvalue weighted by Crippen LogP contribution is 2.39. The molecule has 0 fully saturated rings. The van der Waals surface area contributed by atoms with E-state index in [1.165, 1.54) is 8.96 Å². The molecule has 0 aliphatic carbocycles. The molecule has 0 unspecified atom stereocenters. The van der Waals surface area contributed by atoms with Gasteiger partial charge in [0, 0.05) is 42.9 Å². The zero-order valence-electron chi connectivity index (χ0n) is 17.2. The van der Waals surface area contributed by atoms with E-state index in [0.717, 1.165) is 11.1 Å². The predicted molar refractivity (Wildman–Crippen MR) is 116 cm³/mol. The molecule has 3 heterocycles. The number of hydrogen-bond donors (Lipinski definition) is 0. The van der Waals surface area contributed by atoms with Crippen molar-refractivity contribution < 1.29 is 13.1 Å². The first-order chi connectivity index (χ1) is 13.9. The van der Waals surface area contributed by atoms with Crippen LogP contribution in [-0.4, -0.2) is 34.7 Å². The van der Waals surface area contributed by atoms with E-state index in [4.69, 9.17) is 0 Å². The lowest BCUT2D eigenvalue weighted by Gasteiger charge is -2.33. The number of rotatable bonds is 3. The van der Waals surface area contributed by atoms with Crippen molar-refractivity contribution in [1.82, 2.24) is 4.48 Å². The van der Waals surface area contributed by atoms with E-state index < -0.39 is 6.97 Å². The molecular weight excluding hydrogens is 367 g/mol. The minimum absolute atomic E-state index is 0.507. The summed E-state index contributed by atoms with van der Waals surface area (Å²) in [5.41, 5.74) is 3.93. The SMILES string of the molecule is CCN(CC)c1ccc2n1[B-](F)(F)[N+]1=C(C)C(C#Cc3ccccc3)=C(C)C1=C2. The Bertz CT molecular complexity index is 1120. The molecule has 0 radical (unpaired) electrons. The molecule has 148 valence electrons. The molecule has 6 heteroatoms. The highest BCUT2D eigenvalue weighted by molar-refractivity contribution is 6.58. The lowest BCUT2D eigenvalue weighted by Crippen LogP contribution is -2.51. The topological polar surface area (TPSA) is 11.2 Å². The summed E-state index contributed by atoms with van der Waals surface area (Å²) < 4.78 is 34.0. The predicted octanol–water partition coefficient (Wildman–Crippen LogP) is 4.77. The third-order valence-corrected chi connectivity index (χ3v) is 5.77. The first-order valence-corrected chi connectivity index (χ1v) is 10.0. The molecule has 0 N–H and O–H groups in total. The molecule has 0 saturated heterocycles. The molecule has 0 amide bonds. The van der Waals surface area contributed by atoms with Crippen LogP contribution in [0.25, 0.3) is 6.08 Å². The minimum Gasteiger partial charge on any atom is -0.389 e. The maximum Gasteiger partial charge on any atom is 0.738 e. The Morgan fingerprint density at radius 3 is 2.34 bits per heavy atom. The van der Waals surface area contributed by atoms with E-state index in [0.29, 0.717) is 41.6 Å². The van der Waals surface area contributed by atoms with Crippen LogP contribution in [0, 0.1) is 11.8 Å². The van der Waals surface area contributed by atoms with E-state index in [2.05, 4.69) is 11.8 Å². The van der Waals surface area contributed by atoms with Gasteiger partial charge in [0.2, 0.25) is 0 Å². The molecule has 2 aromatic rings. The van der Waals surface area contributed by atoms with Gasteiger partial charge in [0.25, 0.3) is 0 Å².